The molecule has 0 spiro atoms. The molecule has 0 fully saturated rings. The van der Waals surface area contributed by atoms with Gasteiger partial charge in [0.15, 0.2) is 0 Å². The molecule has 1 atom stereocenters. The second-order valence-corrected chi connectivity index (χ2v) is 5.52. The molecule has 0 aliphatic heterocycles. The zero-order chi connectivity index (χ0) is 13.2. The van der Waals surface area contributed by atoms with Crippen molar-refractivity contribution in [2.24, 2.45) is 0 Å². The van der Waals surface area contributed by atoms with Crippen LogP contribution in [0.15, 0.2) is 36.5 Å². The largest absolute Gasteiger partial charge is 0.304 e. The number of fused-ring (bicyclic) bond motifs is 1. The Balaban J connectivity index is 1.72. The lowest BCUT2D eigenvalue weighted by atomic mass is 10.1. The summed E-state index contributed by atoms with van der Waals surface area (Å²) in [4.78, 5) is 4.43. The molecule has 0 saturated carbocycles. The minimum Gasteiger partial charge on any atom is -0.304 e. The predicted molar refractivity (Wildman–Crippen MR) is 78.3 cm³/mol. The molecule has 3 rings (SSSR count). The van der Waals surface area contributed by atoms with Gasteiger partial charge in [-0.3, -0.25) is 4.98 Å². The van der Waals surface area contributed by atoms with Gasteiger partial charge in [-0.1, -0.05) is 23.7 Å². The topological polar surface area (TPSA) is 24.9 Å². The van der Waals surface area contributed by atoms with Crippen molar-refractivity contribution < 1.29 is 0 Å². The van der Waals surface area contributed by atoms with Gasteiger partial charge in [0.1, 0.15) is 0 Å². The molecule has 1 heterocycles. The van der Waals surface area contributed by atoms with E-state index in [0.29, 0.717) is 6.04 Å². The quantitative estimate of drug-likeness (QED) is 0.919. The predicted octanol–water partition coefficient (Wildman–Crippen LogP) is 3.82. The second kappa shape index (κ2) is 5.32. The molecule has 0 saturated heterocycles. The molecule has 2 aromatic rings. The molecule has 1 aromatic carbocycles. The highest BCUT2D eigenvalue weighted by molar-refractivity contribution is 6.30. The van der Waals surface area contributed by atoms with Crippen molar-refractivity contribution in [2.75, 3.05) is 0 Å². The summed E-state index contributed by atoms with van der Waals surface area (Å²) in [6.07, 6.45) is 4.10. The van der Waals surface area contributed by atoms with Crippen LogP contribution >= 0.6 is 11.6 Å². The molecule has 1 aliphatic carbocycles. The van der Waals surface area contributed by atoms with Crippen LogP contribution in [0.2, 0.25) is 5.02 Å². The molecular formula is C16H17ClN2. The summed E-state index contributed by atoms with van der Waals surface area (Å²) in [6, 6.07) is 10.7. The summed E-state index contributed by atoms with van der Waals surface area (Å²) in [7, 11) is 0. The van der Waals surface area contributed by atoms with Gasteiger partial charge in [-0.2, -0.15) is 0 Å². The maximum atomic E-state index is 6.03. The maximum Gasteiger partial charge on any atom is 0.0570 e. The molecule has 3 heteroatoms. The van der Waals surface area contributed by atoms with Crippen molar-refractivity contribution in [2.45, 2.75) is 32.4 Å². The van der Waals surface area contributed by atoms with E-state index in [1.807, 2.05) is 18.3 Å². The highest BCUT2D eigenvalue weighted by atomic mass is 35.5. The van der Waals surface area contributed by atoms with E-state index >= 15 is 0 Å². The number of hydrogen-bond donors (Lipinski definition) is 1. The fraction of sp³-hybridized carbons (Fsp3) is 0.312. The summed E-state index contributed by atoms with van der Waals surface area (Å²) in [5, 5.41) is 4.44. The Morgan fingerprint density at radius 3 is 3.11 bits per heavy atom. The molecule has 0 bridgehead atoms. The minimum absolute atomic E-state index is 0.425. The van der Waals surface area contributed by atoms with Gasteiger partial charge in [0.05, 0.1) is 5.69 Å². The highest BCUT2D eigenvalue weighted by Gasteiger charge is 2.22. The summed E-state index contributed by atoms with van der Waals surface area (Å²) in [5.41, 5.74) is 5.13. The number of hydrogen-bond acceptors (Lipinski definition) is 2. The van der Waals surface area contributed by atoms with Crippen LogP contribution in [0.4, 0.5) is 0 Å². The van der Waals surface area contributed by atoms with E-state index in [1.165, 1.54) is 16.7 Å². The average Bonchev–Trinajstić information content (AvgIpc) is 2.80. The summed E-state index contributed by atoms with van der Waals surface area (Å²) in [5.74, 6) is 0. The molecule has 98 valence electrons. The van der Waals surface area contributed by atoms with Gasteiger partial charge < -0.3 is 5.32 Å². The van der Waals surface area contributed by atoms with Crippen LogP contribution in [0.3, 0.4) is 0 Å². The number of rotatable bonds is 3. The Kier molecular flexibility index (Phi) is 3.54. The molecule has 1 aliphatic rings. The van der Waals surface area contributed by atoms with E-state index in [9.17, 15) is 0 Å². The monoisotopic (exact) mass is 272 g/mol. The van der Waals surface area contributed by atoms with E-state index in [-0.39, 0.29) is 0 Å². The van der Waals surface area contributed by atoms with Crippen LogP contribution in [0.25, 0.3) is 0 Å². The fourth-order valence-corrected chi connectivity index (χ4v) is 2.92. The van der Waals surface area contributed by atoms with E-state index < -0.39 is 0 Å². The first-order chi connectivity index (χ1) is 9.24. The first-order valence-electron chi connectivity index (χ1n) is 6.66. The minimum atomic E-state index is 0.425. The molecule has 1 aromatic heterocycles. The van der Waals surface area contributed by atoms with Crippen molar-refractivity contribution in [1.82, 2.24) is 10.3 Å². The summed E-state index contributed by atoms with van der Waals surface area (Å²) in [6.45, 7) is 2.92. The van der Waals surface area contributed by atoms with Gasteiger partial charge in [0, 0.05) is 23.8 Å². The Labute approximate surface area is 118 Å². The van der Waals surface area contributed by atoms with Gasteiger partial charge in [-0.25, -0.2) is 0 Å². The van der Waals surface area contributed by atoms with Gasteiger partial charge in [-0.05, 0) is 54.7 Å². The van der Waals surface area contributed by atoms with Crippen molar-refractivity contribution in [3.05, 3.63) is 63.9 Å². The number of nitrogens with one attached hydrogen (secondary N) is 1. The molecule has 0 radical (unpaired) electrons. The smallest absolute Gasteiger partial charge is 0.0570 e. The SMILES string of the molecule is Cc1cccnc1CNC1CCc2cc(Cl)ccc21. The Morgan fingerprint density at radius 1 is 1.37 bits per heavy atom. The van der Waals surface area contributed by atoms with E-state index in [0.717, 1.165) is 30.1 Å². The van der Waals surface area contributed by atoms with Crippen LogP contribution in [-0.4, -0.2) is 4.98 Å². The first kappa shape index (κ1) is 12.6. The number of nitrogens with zero attached hydrogens (tertiary/aromatic N) is 1. The van der Waals surface area contributed by atoms with E-state index in [4.69, 9.17) is 11.6 Å². The molecule has 2 nitrogen and oxygen atoms in total. The number of aryl methyl sites for hydroxylation is 2. The van der Waals surface area contributed by atoms with Crippen LogP contribution in [-0.2, 0) is 13.0 Å². The van der Waals surface area contributed by atoms with E-state index in [2.05, 4.69) is 35.4 Å². The maximum absolute atomic E-state index is 6.03. The standard InChI is InChI=1S/C16H17ClN2/c1-11-3-2-8-18-16(11)10-19-15-7-4-12-9-13(17)5-6-14(12)15/h2-3,5-6,8-9,15,19H,4,7,10H2,1H3. The number of halogens is 1. The Bertz CT molecular complexity index is 595. The molecule has 1 unspecified atom stereocenters. The van der Waals surface area contributed by atoms with Crippen molar-refractivity contribution in [3.63, 3.8) is 0 Å². The lowest BCUT2D eigenvalue weighted by molar-refractivity contribution is 0.524. The third-order valence-corrected chi connectivity index (χ3v) is 4.05. The second-order valence-electron chi connectivity index (χ2n) is 5.08. The number of aromatic nitrogens is 1. The summed E-state index contributed by atoms with van der Waals surface area (Å²) >= 11 is 6.03. The van der Waals surface area contributed by atoms with Crippen LogP contribution in [0, 0.1) is 6.92 Å². The van der Waals surface area contributed by atoms with Crippen LogP contribution in [0.1, 0.15) is 34.8 Å². The fourth-order valence-electron chi connectivity index (χ4n) is 2.72. The number of pyridine rings is 1. The normalized spacial score (nSPS) is 17.5. The lowest BCUT2D eigenvalue weighted by Gasteiger charge is -2.14. The molecule has 19 heavy (non-hydrogen) atoms. The lowest BCUT2D eigenvalue weighted by Crippen LogP contribution is -2.19. The average molecular weight is 273 g/mol. The van der Waals surface area contributed by atoms with Crippen molar-refractivity contribution in [3.8, 4) is 0 Å². The van der Waals surface area contributed by atoms with Crippen molar-refractivity contribution >= 4 is 11.6 Å². The zero-order valence-corrected chi connectivity index (χ0v) is 11.7. The third kappa shape index (κ3) is 2.65. The number of benzene rings is 1. The van der Waals surface area contributed by atoms with Crippen molar-refractivity contribution in [1.29, 1.82) is 0 Å². The van der Waals surface area contributed by atoms with Gasteiger partial charge >= 0.3 is 0 Å². The van der Waals surface area contributed by atoms with Gasteiger partial charge in [-0.15, -0.1) is 0 Å². The van der Waals surface area contributed by atoms with Gasteiger partial charge in [0.2, 0.25) is 0 Å². The Hall–Kier alpha value is -1.38. The van der Waals surface area contributed by atoms with E-state index in [1.54, 1.807) is 0 Å². The molecule has 1 N–H and O–H groups in total. The molecular weight excluding hydrogens is 256 g/mol. The zero-order valence-electron chi connectivity index (χ0n) is 11.0. The van der Waals surface area contributed by atoms with Crippen LogP contribution < -0.4 is 5.32 Å². The third-order valence-electron chi connectivity index (χ3n) is 3.82. The Morgan fingerprint density at radius 2 is 2.26 bits per heavy atom. The summed E-state index contributed by atoms with van der Waals surface area (Å²) < 4.78 is 0. The van der Waals surface area contributed by atoms with Gasteiger partial charge in [0.25, 0.3) is 0 Å². The highest BCUT2D eigenvalue weighted by Crippen LogP contribution is 2.32. The van der Waals surface area contributed by atoms with Crippen LogP contribution in [0.5, 0.6) is 0 Å². The first-order valence-corrected chi connectivity index (χ1v) is 7.04. The molecule has 0 amide bonds.